The third-order valence-electron chi connectivity index (χ3n) is 2.85. The topological polar surface area (TPSA) is 91.0 Å². The Morgan fingerprint density at radius 3 is 2.80 bits per heavy atom. The van der Waals surface area contributed by atoms with Crippen molar-refractivity contribution in [3.05, 3.63) is 18.2 Å². The zero-order valence-corrected chi connectivity index (χ0v) is 12.3. The van der Waals surface area contributed by atoms with Crippen LogP contribution < -0.4 is 14.6 Å². The fraction of sp³-hybridized carbons (Fsp3) is 0.462. The van der Waals surface area contributed by atoms with E-state index < -0.39 is 15.8 Å². The van der Waals surface area contributed by atoms with Gasteiger partial charge in [0.15, 0.2) is 11.5 Å². The molecular formula is C13H18N2O4S. The number of hydrogen-bond acceptors (Lipinski definition) is 4. The molecule has 0 spiro atoms. The Bertz CT molecular complexity index is 633. The van der Waals surface area contributed by atoms with Gasteiger partial charge in [0.2, 0.25) is 6.79 Å². The molecule has 1 heterocycles. The van der Waals surface area contributed by atoms with Crippen molar-refractivity contribution < 1.29 is 18.5 Å². The first-order valence-electron chi connectivity index (χ1n) is 6.36. The van der Waals surface area contributed by atoms with Crippen molar-refractivity contribution in [1.82, 2.24) is 0 Å². The molecule has 0 aliphatic carbocycles. The van der Waals surface area contributed by atoms with Gasteiger partial charge in [-0.25, -0.2) is 9.35 Å². The minimum Gasteiger partial charge on any atom is -0.454 e. The van der Waals surface area contributed by atoms with Crippen molar-refractivity contribution >= 4 is 15.8 Å². The molecule has 6 nitrogen and oxygen atoms in total. The molecule has 1 atom stereocenters. The first-order valence-corrected chi connectivity index (χ1v) is 7.94. The smallest absolute Gasteiger partial charge is 0.255 e. The monoisotopic (exact) mass is 298 g/mol. The summed E-state index contributed by atoms with van der Waals surface area (Å²) >= 11 is 0. The van der Waals surface area contributed by atoms with Crippen molar-refractivity contribution in [2.24, 2.45) is 15.4 Å². The highest BCUT2D eigenvalue weighted by atomic mass is 32.2. The van der Waals surface area contributed by atoms with Crippen molar-refractivity contribution in [3.8, 4) is 11.5 Å². The molecule has 1 aromatic carbocycles. The molecule has 7 heteroatoms. The van der Waals surface area contributed by atoms with Crippen LogP contribution in [0.25, 0.3) is 0 Å². The van der Waals surface area contributed by atoms with E-state index in [0.717, 1.165) is 0 Å². The number of carbonyl (C=O) groups is 1. The molecule has 1 aliphatic rings. The average molecular weight is 298 g/mol. The van der Waals surface area contributed by atoms with Crippen LogP contribution in [0, 0.1) is 5.92 Å². The van der Waals surface area contributed by atoms with E-state index in [0.29, 0.717) is 23.8 Å². The Morgan fingerprint density at radius 2 is 2.10 bits per heavy atom. The highest BCUT2D eigenvalue weighted by Gasteiger charge is 2.18. The van der Waals surface area contributed by atoms with Crippen molar-refractivity contribution in [2.45, 2.75) is 31.6 Å². The fourth-order valence-corrected chi connectivity index (χ4v) is 2.76. The van der Waals surface area contributed by atoms with E-state index in [1.807, 2.05) is 13.8 Å². The lowest BCUT2D eigenvalue weighted by molar-refractivity contribution is -0.117. The molecule has 0 aromatic heterocycles. The van der Waals surface area contributed by atoms with Gasteiger partial charge in [0.1, 0.15) is 9.92 Å². The second-order valence-corrected chi connectivity index (χ2v) is 6.79. The molecule has 1 aromatic rings. The summed E-state index contributed by atoms with van der Waals surface area (Å²) in [6.45, 7) is 4.13. The van der Waals surface area contributed by atoms with Crippen LogP contribution in [0.3, 0.4) is 0 Å². The van der Waals surface area contributed by atoms with Gasteiger partial charge in [-0.05, 0) is 24.5 Å². The van der Waals surface area contributed by atoms with Gasteiger partial charge in [-0.3, -0.25) is 4.79 Å². The standard InChI is InChI=1S/C13H18N2O4S/c1-9(2)3-6-13(16)15-20(14,17)10-4-5-11-12(7-10)19-8-18-11/h4-5,7,9H,3,6,8H2,1-2H3,(H2,14,15,16,17). The Morgan fingerprint density at radius 1 is 1.40 bits per heavy atom. The third kappa shape index (κ3) is 3.49. The van der Waals surface area contributed by atoms with Gasteiger partial charge >= 0.3 is 0 Å². The van der Waals surface area contributed by atoms with Crippen molar-refractivity contribution in [2.75, 3.05) is 6.79 Å². The van der Waals surface area contributed by atoms with Gasteiger partial charge in [-0.2, -0.15) is 0 Å². The number of amides is 1. The van der Waals surface area contributed by atoms with E-state index in [-0.39, 0.29) is 18.1 Å². The zero-order chi connectivity index (χ0) is 14.8. The maximum Gasteiger partial charge on any atom is 0.255 e. The number of hydrogen-bond donors (Lipinski definition) is 1. The summed E-state index contributed by atoms with van der Waals surface area (Å²) in [7, 11) is -3.24. The molecule has 0 bridgehead atoms. The molecule has 2 rings (SSSR count). The number of benzene rings is 1. The predicted octanol–water partition coefficient (Wildman–Crippen LogP) is 2.08. The molecular weight excluding hydrogens is 280 g/mol. The number of ether oxygens (including phenoxy) is 2. The Hall–Kier alpha value is -1.60. The summed E-state index contributed by atoms with van der Waals surface area (Å²) in [5.41, 5.74) is 0. The molecule has 1 amide bonds. The third-order valence-corrected chi connectivity index (χ3v) is 4.26. The minimum atomic E-state index is -3.24. The number of carbonyl (C=O) groups excluding carboxylic acids is 1. The number of rotatable bonds is 4. The fourth-order valence-electron chi connectivity index (χ4n) is 1.72. The second kappa shape index (κ2) is 5.80. The highest BCUT2D eigenvalue weighted by molar-refractivity contribution is 7.91. The minimum absolute atomic E-state index is 0.120. The lowest BCUT2D eigenvalue weighted by atomic mass is 10.1. The maximum absolute atomic E-state index is 12.3. The van der Waals surface area contributed by atoms with Gasteiger partial charge in [-0.1, -0.05) is 13.8 Å². The van der Waals surface area contributed by atoms with E-state index in [4.69, 9.17) is 14.6 Å². The van der Waals surface area contributed by atoms with Gasteiger partial charge in [0.05, 0.1) is 4.90 Å². The molecule has 2 N–H and O–H groups in total. The molecule has 0 radical (unpaired) electrons. The molecule has 0 saturated carbocycles. The van der Waals surface area contributed by atoms with E-state index in [2.05, 4.69) is 4.36 Å². The number of nitrogens with two attached hydrogens (primary N) is 1. The first kappa shape index (κ1) is 14.8. The quantitative estimate of drug-likeness (QED) is 0.921. The Balaban J connectivity index is 2.21. The van der Waals surface area contributed by atoms with E-state index in [1.165, 1.54) is 12.1 Å². The van der Waals surface area contributed by atoms with Crippen LogP contribution in [0.5, 0.6) is 11.5 Å². The SMILES string of the molecule is CC(C)CCC(=O)N=S(N)(=O)c1ccc2c(c1)OCO2. The van der Waals surface area contributed by atoms with Crippen molar-refractivity contribution in [1.29, 1.82) is 0 Å². The van der Waals surface area contributed by atoms with E-state index in [1.54, 1.807) is 6.07 Å². The van der Waals surface area contributed by atoms with Gasteiger partial charge in [0.25, 0.3) is 5.91 Å². The van der Waals surface area contributed by atoms with Gasteiger partial charge in [0, 0.05) is 12.5 Å². The lowest BCUT2D eigenvalue weighted by Crippen LogP contribution is -2.15. The average Bonchev–Trinajstić information content (AvgIpc) is 2.83. The zero-order valence-electron chi connectivity index (χ0n) is 11.5. The molecule has 1 unspecified atom stereocenters. The largest absolute Gasteiger partial charge is 0.454 e. The Kier molecular flexibility index (Phi) is 4.29. The Labute approximate surface area is 118 Å². The van der Waals surface area contributed by atoms with Gasteiger partial charge < -0.3 is 9.47 Å². The molecule has 0 saturated heterocycles. The van der Waals surface area contributed by atoms with Crippen molar-refractivity contribution in [3.63, 3.8) is 0 Å². The summed E-state index contributed by atoms with van der Waals surface area (Å²) < 4.78 is 26.3. The summed E-state index contributed by atoms with van der Waals surface area (Å²) in [5.74, 6) is 0.970. The number of nitrogens with zero attached hydrogens (tertiary/aromatic N) is 1. The van der Waals surface area contributed by atoms with E-state index >= 15 is 0 Å². The predicted molar refractivity (Wildman–Crippen MR) is 74.7 cm³/mol. The van der Waals surface area contributed by atoms with Crippen LogP contribution in [0.15, 0.2) is 27.5 Å². The van der Waals surface area contributed by atoms with Crippen LogP contribution in [0.1, 0.15) is 26.7 Å². The summed E-state index contributed by atoms with van der Waals surface area (Å²) in [5, 5.41) is 5.68. The van der Waals surface area contributed by atoms with Crippen LogP contribution >= 0.6 is 0 Å². The lowest BCUT2D eigenvalue weighted by Gasteiger charge is -2.06. The normalized spacial score (nSPS) is 16.0. The summed E-state index contributed by atoms with van der Waals surface area (Å²) in [6.07, 6.45) is 0.940. The first-order chi connectivity index (χ1) is 9.38. The van der Waals surface area contributed by atoms with E-state index in [9.17, 15) is 9.00 Å². The van der Waals surface area contributed by atoms with Crippen LogP contribution in [-0.4, -0.2) is 16.9 Å². The summed E-state index contributed by atoms with van der Waals surface area (Å²) in [4.78, 5) is 12.0. The highest BCUT2D eigenvalue weighted by Crippen LogP contribution is 2.33. The molecule has 20 heavy (non-hydrogen) atoms. The van der Waals surface area contributed by atoms with Crippen LogP contribution in [0.2, 0.25) is 0 Å². The second-order valence-electron chi connectivity index (χ2n) is 5.00. The molecule has 1 aliphatic heterocycles. The van der Waals surface area contributed by atoms with Crippen LogP contribution in [-0.2, 0) is 14.7 Å². The molecule has 0 fully saturated rings. The van der Waals surface area contributed by atoms with Gasteiger partial charge in [-0.15, -0.1) is 4.36 Å². The molecule has 110 valence electrons. The number of fused-ring (bicyclic) bond motifs is 1. The maximum atomic E-state index is 12.3. The van der Waals surface area contributed by atoms with Crippen LogP contribution in [0.4, 0.5) is 0 Å². The summed E-state index contributed by atoms with van der Waals surface area (Å²) in [6, 6.07) is 4.65.